The van der Waals surface area contributed by atoms with Gasteiger partial charge in [0.25, 0.3) is 0 Å². The van der Waals surface area contributed by atoms with Gasteiger partial charge in [-0.2, -0.15) is 4.98 Å². The summed E-state index contributed by atoms with van der Waals surface area (Å²) in [7, 11) is 0. The summed E-state index contributed by atoms with van der Waals surface area (Å²) in [5.41, 5.74) is 10.2. The number of fused-ring (bicyclic) bond motifs is 1. The molecule has 0 aliphatic heterocycles. The first-order valence-corrected chi connectivity index (χ1v) is 7.33. The van der Waals surface area contributed by atoms with Gasteiger partial charge in [0.15, 0.2) is 5.65 Å². The van der Waals surface area contributed by atoms with Crippen molar-refractivity contribution in [3.63, 3.8) is 0 Å². The molecule has 0 amide bonds. The SMILES string of the molecule is Nc1ccc(Nc2nc3cccc(-c4ccccc4)n3n2)cc1. The topological polar surface area (TPSA) is 68.2 Å². The smallest absolute Gasteiger partial charge is 0.247 e. The Morgan fingerprint density at radius 1 is 0.826 bits per heavy atom. The van der Waals surface area contributed by atoms with Crippen molar-refractivity contribution in [1.82, 2.24) is 14.6 Å². The summed E-state index contributed by atoms with van der Waals surface area (Å²) in [6.45, 7) is 0. The summed E-state index contributed by atoms with van der Waals surface area (Å²) in [5.74, 6) is 0.554. The van der Waals surface area contributed by atoms with Gasteiger partial charge >= 0.3 is 0 Å². The predicted octanol–water partition coefficient (Wildman–Crippen LogP) is 3.72. The van der Waals surface area contributed by atoms with Crippen LogP contribution in [0, 0.1) is 0 Å². The molecule has 4 rings (SSSR count). The van der Waals surface area contributed by atoms with Crippen LogP contribution in [0.1, 0.15) is 0 Å². The van der Waals surface area contributed by atoms with E-state index in [1.54, 1.807) is 0 Å². The molecule has 5 heteroatoms. The lowest BCUT2D eigenvalue weighted by atomic mass is 10.1. The van der Waals surface area contributed by atoms with Crippen molar-refractivity contribution < 1.29 is 0 Å². The Morgan fingerprint density at radius 2 is 1.61 bits per heavy atom. The molecular formula is C18H15N5. The molecular weight excluding hydrogens is 286 g/mol. The molecule has 112 valence electrons. The van der Waals surface area contributed by atoms with E-state index in [-0.39, 0.29) is 0 Å². The number of nitrogens with zero attached hydrogens (tertiary/aromatic N) is 3. The molecule has 0 radical (unpaired) electrons. The van der Waals surface area contributed by atoms with E-state index >= 15 is 0 Å². The van der Waals surface area contributed by atoms with Crippen LogP contribution in [0.2, 0.25) is 0 Å². The second kappa shape index (κ2) is 5.46. The van der Waals surface area contributed by atoms with Crippen LogP contribution in [0.5, 0.6) is 0 Å². The zero-order chi connectivity index (χ0) is 15.6. The Kier molecular flexibility index (Phi) is 3.16. The van der Waals surface area contributed by atoms with Crippen LogP contribution >= 0.6 is 0 Å². The van der Waals surface area contributed by atoms with Gasteiger partial charge in [0.05, 0.1) is 5.69 Å². The summed E-state index contributed by atoms with van der Waals surface area (Å²) >= 11 is 0. The van der Waals surface area contributed by atoms with Crippen LogP contribution in [-0.4, -0.2) is 14.6 Å². The Morgan fingerprint density at radius 3 is 2.39 bits per heavy atom. The number of rotatable bonds is 3. The second-order valence-electron chi connectivity index (χ2n) is 5.23. The van der Waals surface area contributed by atoms with Crippen LogP contribution in [0.15, 0.2) is 72.8 Å². The highest BCUT2D eigenvalue weighted by Gasteiger charge is 2.08. The molecule has 2 heterocycles. The number of aromatic nitrogens is 3. The number of pyridine rings is 1. The van der Waals surface area contributed by atoms with Crippen molar-refractivity contribution in [3.05, 3.63) is 72.8 Å². The van der Waals surface area contributed by atoms with E-state index in [0.29, 0.717) is 5.95 Å². The Bertz CT molecular complexity index is 942. The number of nitrogens with two attached hydrogens (primary N) is 1. The molecule has 0 unspecified atom stereocenters. The zero-order valence-corrected chi connectivity index (χ0v) is 12.3. The summed E-state index contributed by atoms with van der Waals surface area (Å²) < 4.78 is 1.84. The first-order valence-electron chi connectivity index (χ1n) is 7.33. The van der Waals surface area contributed by atoms with Gasteiger partial charge in [-0.1, -0.05) is 36.4 Å². The van der Waals surface area contributed by atoms with Crippen molar-refractivity contribution in [2.45, 2.75) is 0 Å². The fourth-order valence-corrected chi connectivity index (χ4v) is 2.48. The maximum absolute atomic E-state index is 5.70. The Hall–Kier alpha value is -3.34. The van der Waals surface area contributed by atoms with Gasteiger partial charge in [-0.3, -0.25) is 0 Å². The van der Waals surface area contributed by atoms with Gasteiger partial charge < -0.3 is 11.1 Å². The van der Waals surface area contributed by atoms with Crippen LogP contribution in [0.4, 0.5) is 17.3 Å². The summed E-state index contributed by atoms with van der Waals surface area (Å²) in [5, 5.41) is 7.77. The molecule has 0 spiro atoms. The lowest BCUT2D eigenvalue weighted by Crippen LogP contribution is -1.95. The van der Waals surface area contributed by atoms with Crippen molar-refractivity contribution in [1.29, 1.82) is 0 Å². The number of benzene rings is 2. The number of nitrogens with one attached hydrogen (secondary N) is 1. The molecule has 0 saturated heterocycles. The fourth-order valence-electron chi connectivity index (χ4n) is 2.48. The van der Waals surface area contributed by atoms with E-state index in [1.165, 1.54) is 0 Å². The molecule has 5 nitrogen and oxygen atoms in total. The highest BCUT2D eigenvalue weighted by molar-refractivity contribution is 5.65. The van der Waals surface area contributed by atoms with Crippen LogP contribution in [0.25, 0.3) is 16.9 Å². The maximum atomic E-state index is 5.70. The van der Waals surface area contributed by atoms with Crippen molar-refractivity contribution >= 4 is 23.0 Å². The predicted molar refractivity (Wildman–Crippen MR) is 92.6 cm³/mol. The molecule has 0 fully saturated rings. The molecule has 0 saturated carbocycles. The van der Waals surface area contributed by atoms with E-state index in [9.17, 15) is 0 Å². The van der Waals surface area contributed by atoms with Gasteiger partial charge in [-0.05, 0) is 36.4 Å². The number of hydrogen-bond acceptors (Lipinski definition) is 4. The molecule has 23 heavy (non-hydrogen) atoms. The Labute approximate surface area is 133 Å². The van der Waals surface area contributed by atoms with Gasteiger partial charge in [0, 0.05) is 16.9 Å². The van der Waals surface area contributed by atoms with Crippen molar-refractivity contribution in [2.75, 3.05) is 11.1 Å². The first kappa shape index (κ1) is 13.3. The minimum Gasteiger partial charge on any atom is -0.399 e. The third-order valence-electron chi connectivity index (χ3n) is 3.60. The number of anilines is 3. The van der Waals surface area contributed by atoms with Crippen LogP contribution in [-0.2, 0) is 0 Å². The number of nitrogen functional groups attached to an aromatic ring is 1. The molecule has 0 bridgehead atoms. The van der Waals surface area contributed by atoms with E-state index in [1.807, 2.05) is 65.2 Å². The molecule has 0 aliphatic rings. The van der Waals surface area contributed by atoms with Crippen molar-refractivity contribution in [3.8, 4) is 11.3 Å². The normalized spacial score (nSPS) is 10.8. The average Bonchev–Trinajstić information content (AvgIpc) is 3.00. The highest BCUT2D eigenvalue weighted by atomic mass is 15.4. The van der Waals surface area contributed by atoms with Gasteiger partial charge in [-0.25, -0.2) is 4.52 Å². The molecule has 2 aromatic heterocycles. The third-order valence-corrected chi connectivity index (χ3v) is 3.60. The van der Waals surface area contributed by atoms with Gasteiger partial charge in [0.2, 0.25) is 5.95 Å². The standard InChI is InChI=1S/C18H15N5/c19-14-9-11-15(12-10-14)20-18-21-17-8-4-7-16(23(17)22-18)13-5-2-1-3-6-13/h1-12H,19H2,(H,20,22). The first-order chi connectivity index (χ1) is 11.3. The van der Waals surface area contributed by atoms with E-state index in [0.717, 1.165) is 28.3 Å². The fraction of sp³-hybridized carbons (Fsp3) is 0. The van der Waals surface area contributed by atoms with Crippen LogP contribution in [0.3, 0.4) is 0 Å². The molecule has 0 atom stereocenters. The quantitative estimate of drug-likeness (QED) is 0.566. The number of hydrogen-bond donors (Lipinski definition) is 2. The summed E-state index contributed by atoms with van der Waals surface area (Å²) in [4.78, 5) is 4.53. The lowest BCUT2D eigenvalue weighted by molar-refractivity contribution is 0.973. The molecule has 2 aromatic carbocycles. The summed E-state index contributed by atoms with van der Waals surface area (Å²) in [6, 6.07) is 23.6. The highest BCUT2D eigenvalue weighted by Crippen LogP contribution is 2.22. The van der Waals surface area contributed by atoms with E-state index < -0.39 is 0 Å². The van der Waals surface area contributed by atoms with Crippen LogP contribution < -0.4 is 11.1 Å². The molecule has 4 aromatic rings. The maximum Gasteiger partial charge on any atom is 0.247 e. The minimum absolute atomic E-state index is 0.554. The Balaban J connectivity index is 1.75. The molecule has 3 N–H and O–H groups in total. The average molecular weight is 301 g/mol. The lowest BCUT2D eigenvalue weighted by Gasteiger charge is -2.03. The van der Waals surface area contributed by atoms with E-state index in [2.05, 4.69) is 27.5 Å². The van der Waals surface area contributed by atoms with E-state index in [4.69, 9.17) is 5.73 Å². The second-order valence-corrected chi connectivity index (χ2v) is 5.23. The monoisotopic (exact) mass is 301 g/mol. The van der Waals surface area contributed by atoms with Gasteiger partial charge in [0.1, 0.15) is 0 Å². The zero-order valence-electron chi connectivity index (χ0n) is 12.3. The molecule has 0 aliphatic carbocycles. The van der Waals surface area contributed by atoms with Crippen molar-refractivity contribution in [2.24, 2.45) is 0 Å². The van der Waals surface area contributed by atoms with Gasteiger partial charge in [-0.15, -0.1) is 5.10 Å². The third kappa shape index (κ3) is 2.60. The minimum atomic E-state index is 0.554. The summed E-state index contributed by atoms with van der Waals surface area (Å²) in [6.07, 6.45) is 0. The largest absolute Gasteiger partial charge is 0.399 e.